The first kappa shape index (κ1) is 15.8. The van der Waals surface area contributed by atoms with Crippen molar-refractivity contribution in [3.8, 4) is 0 Å². The van der Waals surface area contributed by atoms with E-state index in [9.17, 15) is 13.2 Å². The largest absolute Gasteiger partial charge is 0.401 e. The molecule has 1 aliphatic carbocycles. The molecule has 1 saturated carbocycles. The van der Waals surface area contributed by atoms with Crippen molar-refractivity contribution in [2.45, 2.75) is 51.9 Å². The number of halogens is 3. The van der Waals surface area contributed by atoms with Crippen LogP contribution in [0.3, 0.4) is 0 Å². The van der Waals surface area contributed by atoms with Crippen LogP contribution >= 0.6 is 0 Å². The van der Waals surface area contributed by atoms with Crippen molar-refractivity contribution in [1.29, 1.82) is 0 Å². The van der Waals surface area contributed by atoms with Crippen molar-refractivity contribution >= 4 is 0 Å². The van der Waals surface area contributed by atoms with Crippen LogP contribution in [0.25, 0.3) is 0 Å². The first-order chi connectivity index (χ1) is 8.24. The number of hydrogen-bond donors (Lipinski definition) is 1. The van der Waals surface area contributed by atoms with Gasteiger partial charge in [-0.2, -0.15) is 13.2 Å². The third-order valence-electron chi connectivity index (χ3n) is 3.83. The molecule has 0 radical (unpaired) electrons. The van der Waals surface area contributed by atoms with Gasteiger partial charge in [0.1, 0.15) is 0 Å². The molecular formula is C13H25F3N2. The van der Waals surface area contributed by atoms with Crippen molar-refractivity contribution < 1.29 is 13.2 Å². The Morgan fingerprint density at radius 3 is 2.33 bits per heavy atom. The van der Waals surface area contributed by atoms with Gasteiger partial charge >= 0.3 is 6.18 Å². The minimum atomic E-state index is -4.12. The van der Waals surface area contributed by atoms with Gasteiger partial charge in [-0.1, -0.05) is 20.8 Å². The van der Waals surface area contributed by atoms with E-state index in [0.717, 1.165) is 19.4 Å². The van der Waals surface area contributed by atoms with Crippen LogP contribution in [-0.4, -0.2) is 43.3 Å². The number of rotatable bonds is 4. The zero-order valence-corrected chi connectivity index (χ0v) is 11.7. The highest BCUT2D eigenvalue weighted by Gasteiger charge is 2.40. The summed E-state index contributed by atoms with van der Waals surface area (Å²) in [4.78, 5) is 1.48. The first-order valence-corrected chi connectivity index (χ1v) is 6.75. The Morgan fingerprint density at radius 2 is 1.83 bits per heavy atom. The highest BCUT2D eigenvalue weighted by atomic mass is 19.4. The topological polar surface area (TPSA) is 15.3 Å². The summed E-state index contributed by atoms with van der Waals surface area (Å²) in [6, 6.07) is 0.142. The fraction of sp³-hybridized carbons (Fsp3) is 1.00. The molecule has 4 atom stereocenters. The molecule has 1 N–H and O–H groups in total. The maximum Gasteiger partial charge on any atom is 0.401 e. The standard InChI is InChI=1S/C13H25F3N2/c1-5-17-11-7-9(2)6-10(3)12(11)18(4)8-13(14,15)16/h9-12,17H,5-8H2,1-4H3. The Kier molecular flexibility index (Phi) is 5.46. The maximum absolute atomic E-state index is 12.5. The summed E-state index contributed by atoms with van der Waals surface area (Å²) in [6.45, 7) is 6.24. The highest BCUT2D eigenvalue weighted by molar-refractivity contribution is 4.93. The van der Waals surface area contributed by atoms with Gasteiger partial charge in [0.15, 0.2) is 0 Å². The zero-order chi connectivity index (χ0) is 13.9. The Morgan fingerprint density at radius 1 is 1.22 bits per heavy atom. The van der Waals surface area contributed by atoms with Crippen LogP contribution in [0.4, 0.5) is 13.2 Å². The van der Waals surface area contributed by atoms with E-state index in [4.69, 9.17) is 0 Å². The van der Waals surface area contributed by atoms with Crippen LogP contribution in [0.5, 0.6) is 0 Å². The first-order valence-electron chi connectivity index (χ1n) is 6.75. The SMILES string of the molecule is CCNC1CC(C)CC(C)C1N(C)CC(F)(F)F. The Balaban J connectivity index is 2.73. The van der Waals surface area contributed by atoms with Crippen LogP contribution < -0.4 is 5.32 Å². The van der Waals surface area contributed by atoms with E-state index >= 15 is 0 Å². The van der Waals surface area contributed by atoms with E-state index in [1.54, 1.807) is 7.05 Å². The summed E-state index contributed by atoms with van der Waals surface area (Å²) in [5.41, 5.74) is 0. The lowest BCUT2D eigenvalue weighted by Crippen LogP contribution is -2.57. The Hall–Kier alpha value is -0.290. The molecule has 108 valence electrons. The highest BCUT2D eigenvalue weighted by Crippen LogP contribution is 2.33. The molecule has 18 heavy (non-hydrogen) atoms. The van der Waals surface area contributed by atoms with Crippen molar-refractivity contribution in [2.24, 2.45) is 11.8 Å². The minimum Gasteiger partial charge on any atom is -0.313 e. The molecule has 1 rings (SSSR count). The summed E-state index contributed by atoms with van der Waals surface area (Å²) in [6.07, 6.45) is -2.14. The van der Waals surface area contributed by atoms with Gasteiger partial charge in [-0.05, 0) is 38.3 Å². The Bertz CT molecular complexity index is 255. The predicted octanol–water partition coefficient (Wildman–Crippen LogP) is 2.89. The number of hydrogen-bond acceptors (Lipinski definition) is 2. The van der Waals surface area contributed by atoms with Crippen molar-refractivity contribution in [2.75, 3.05) is 20.1 Å². The molecule has 0 bridgehead atoms. The maximum atomic E-state index is 12.5. The minimum absolute atomic E-state index is 0.0252. The van der Waals surface area contributed by atoms with Crippen LogP contribution in [0.15, 0.2) is 0 Å². The summed E-state index contributed by atoms with van der Waals surface area (Å²) in [5, 5.41) is 3.35. The average molecular weight is 266 g/mol. The molecule has 1 aliphatic rings. The summed E-state index contributed by atoms with van der Waals surface area (Å²) < 4.78 is 37.5. The second-order valence-corrected chi connectivity index (χ2v) is 5.74. The van der Waals surface area contributed by atoms with Crippen molar-refractivity contribution in [3.05, 3.63) is 0 Å². The molecule has 4 unspecified atom stereocenters. The third kappa shape index (κ3) is 4.43. The summed E-state index contributed by atoms with van der Waals surface area (Å²) in [5.74, 6) is 0.879. The van der Waals surface area contributed by atoms with E-state index in [-0.39, 0.29) is 12.1 Å². The lowest BCUT2D eigenvalue weighted by atomic mass is 9.76. The van der Waals surface area contributed by atoms with Gasteiger partial charge in [0.2, 0.25) is 0 Å². The van der Waals surface area contributed by atoms with Crippen molar-refractivity contribution in [1.82, 2.24) is 10.2 Å². The molecule has 0 aromatic heterocycles. The van der Waals surface area contributed by atoms with E-state index < -0.39 is 12.7 Å². The Labute approximate surface area is 108 Å². The van der Waals surface area contributed by atoms with E-state index in [0.29, 0.717) is 11.8 Å². The molecule has 0 saturated heterocycles. The number of alkyl halides is 3. The molecular weight excluding hydrogens is 241 g/mol. The van der Waals surface area contributed by atoms with E-state index in [1.165, 1.54) is 4.90 Å². The normalized spacial score (nSPS) is 34.0. The average Bonchev–Trinajstić information content (AvgIpc) is 2.13. The van der Waals surface area contributed by atoms with Gasteiger partial charge in [0, 0.05) is 12.1 Å². The molecule has 0 amide bonds. The van der Waals surface area contributed by atoms with Gasteiger partial charge in [-0.15, -0.1) is 0 Å². The quantitative estimate of drug-likeness (QED) is 0.841. The molecule has 2 nitrogen and oxygen atoms in total. The summed E-state index contributed by atoms with van der Waals surface area (Å²) in [7, 11) is 1.59. The van der Waals surface area contributed by atoms with Gasteiger partial charge in [-0.25, -0.2) is 0 Å². The number of nitrogens with zero attached hydrogens (tertiary/aromatic N) is 1. The fourth-order valence-corrected chi connectivity index (χ4v) is 3.44. The van der Waals surface area contributed by atoms with Crippen LogP contribution in [0, 0.1) is 11.8 Å². The zero-order valence-electron chi connectivity index (χ0n) is 11.7. The van der Waals surface area contributed by atoms with Gasteiger partial charge < -0.3 is 5.32 Å². The molecule has 5 heteroatoms. The van der Waals surface area contributed by atoms with Gasteiger partial charge in [-0.3, -0.25) is 4.90 Å². The molecule has 1 fully saturated rings. The third-order valence-corrected chi connectivity index (χ3v) is 3.83. The second kappa shape index (κ2) is 6.24. The molecule has 0 spiro atoms. The second-order valence-electron chi connectivity index (χ2n) is 5.74. The van der Waals surface area contributed by atoms with Crippen LogP contribution in [-0.2, 0) is 0 Å². The number of likely N-dealkylation sites (N-methyl/N-ethyl adjacent to an activating group) is 2. The monoisotopic (exact) mass is 266 g/mol. The van der Waals surface area contributed by atoms with Crippen molar-refractivity contribution in [3.63, 3.8) is 0 Å². The molecule has 0 aliphatic heterocycles. The smallest absolute Gasteiger partial charge is 0.313 e. The van der Waals surface area contributed by atoms with Crippen LogP contribution in [0.1, 0.15) is 33.6 Å². The van der Waals surface area contributed by atoms with E-state index in [2.05, 4.69) is 19.2 Å². The van der Waals surface area contributed by atoms with Gasteiger partial charge in [0.25, 0.3) is 0 Å². The van der Waals surface area contributed by atoms with E-state index in [1.807, 2.05) is 6.92 Å². The van der Waals surface area contributed by atoms with Gasteiger partial charge in [0.05, 0.1) is 6.54 Å². The number of nitrogens with one attached hydrogen (secondary N) is 1. The summed E-state index contributed by atoms with van der Waals surface area (Å²) >= 11 is 0. The van der Waals surface area contributed by atoms with Crippen LogP contribution in [0.2, 0.25) is 0 Å². The fourth-order valence-electron chi connectivity index (χ4n) is 3.44. The molecule has 0 heterocycles. The lowest BCUT2D eigenvalue weighted by molar-refractivity contribution is -0.152. The molecule has 0 aromatic rings. The predicted molar refractivity (Wildman–Crippen MR) is 67.5 cm³/mol. The lowest BCUT2D eigenvalue weighted by Gasteiger charge is -2.45. The molecule has 0 aromatic carbocycles.